The molecule has 0 aliphatic carbocycles. The van der Waals surface area contributed by atoms with Gasteiger partial charge in [-0.05, 0) is 43.1 Å². The van der Waals surface area contributed by atoms with E-state index in [1.807, 2.05) is 0 Å². The first-order chi connectivity index (χ1) is 10.6. The van der Waals surface area contributed by atoms with E-state index in [0.29, 0.717) is 11.6 Å². The van der Waals surface area contributed by atoms with Gasteiger partial charge in [0.15, 0.2) is 0 Å². The van der Waals surface area contributed by atoms with E-state index in [-0.39, 0.29) is 6.61 Å². The third-order valence-electron chi connectivity index (χ3n) is 5.03. The highest BCUT2D eigenvalue weighted by molar-refractivity contribution is 6.79. The minimum atomic E-state index is -1.52. The zero-order valence-corrected chi connectivity index (χ0v) is 15.3. The number of likely N-dealkylation sites (tertiary alicyclic amines) is 1. The van der Waals surface area contributed by atoms with Crippen molar-refractivity contribution in [3.05, 3.63) is 35.9 Å². The third-order valence-corrected chi connectivity index (χ3v) is 8.76. The fourth-order valence-electron chi connectivity index (χ4n) is 3.94. The highest BCUT2D eigenvalue weighted by atomic mass is 28.3. The zero-order chi connectivity index (χ0) is 16.0. The van der Waals surface area contributed by atoms with Crippen LogP contribution in [0.3, 0.4) is 0 Å². The van der Waals surface area contributed by atoms with E-state index in [4.69, 9.17) is 4.74 Å². The lowest BCUT2D eigenvalue weighted by Gasteiger charge is -2.38. The van der Waals surface area contributed by atoms with Gasteiger partial charge in [-0.2, -0.15) is 0 Å². The molecule has 22 heavy (non-hydrogen) atoms. The Bertz CT molecular complexity index is 438. The molecule has 0 aromatic heterocycles. The van der Waals surface area contributed by atoms with E-state index in [2.05, 4.69) is 48.3 Å². The summed E-state index contributed by atoms with van der Waals surface area (Å²) in [6, 6.07) is 11.4. The quantitative estimate of drug-likeness (QED) is 0.747. The Morgan fingerprint density at radius 1 is 1.32 bits per heavy atom. The first kappa shape index (κ1) is 17.7. The molecule has 0 amide bonds. The van der Waals surface area contributed by atoms with E-state index in [1.54, 1.807) is 7.11 Å². The number of aliphatic hydroxyl groups is 1. The Labute approximate surface area is 136 Å². The van der Waals surface area contributed by atoms with Gasteiger partial charge in [0.1, 0.15) is 0 Å². The lowest BCUT2D eigenvalue weighted by atomic mass is 10.1. The van der Waals surface area contributed by atoms with Crippen LogP contribution < -0.4 is 0 Å². The summed E-state index contributed by atoms with van der Waals surface area (Å²) in [6.45, 7) is 7.27. The predicted octanol–water partition coefficient (Wildman–Crippen LogP) is 3.05. The average Bonchev–Trinajstić information content (AvgIpc) is 2.92. The van der Waals surface area contributed by atoms with Crippen molar-refractivity contribution in [1.82, 2.24) is 4.90 Å². The molecule has 1 saturated heterocycles. The minimum Gasteiger partial charge on any atom is -0.396 e. The second-order valence-corrected chi connectivity index (χ2v) is 12.2. The summed E-state index contributed by atoms with van der Waals surface area (Å²) < 4.78 is 5.40. The van der Waals surface area contributed by atoms with Crippen molar-refractivity contribution in [3.63, 3.8) is 0 Å². The molecule has 0 spiro atoms. The standard InChI is InChI=1S/C18H31NO2Si/c1-21-14-17-10-7-12-19(17)15-22(2,3)18(11-13-20)16-8-5-4-6-9-16/h4-6,8-9,17-18,20H,7,10-15H2,1-3H3/t17-,18-/m0/s1. The maximum Gasteiger partial charge on any atom is 0.0705 e. The van der Waals surface area contributed by atoms with Crippen molar-refractivity contribution in [2.75, 3.05) is 33.0 Å². The number of ether oxygens (including phenoxy) is 1. The van der Waals surface area contributed by atoms with Crippen LogP contribution in [0.4, 0.5) is 0 Å². The SMILES string of the molecule is COC[C@@H]1CCCN1C[Si](C)(C)[C@@H](CCO)c1ccccc1. The van der Waals surface area contributed by atoms with Gasteiger partial charge in [-0.25, -0.2) is 0 Å². The van der Waals surface area contributed by atoms with Gasteiger partial charge >= 0.3 is 0 Å². The van der Waals surface area contributed by atoms with Crippen molar-refractivity contribution in [2.45, 2.75) is 43.9 Å². The van der Waals surface area contributed by atoms with Crippen LogP contribution >= 0.6 is 0 Å². The molecule has 4 heteroatoms. The minimum absolute atomic E-state index is 0.275. The van der Waals surface area contributed by atoms with Gasteiger partial charge in [-0.1, -0.05) is 43.4 Å². The van der Waals surface area contributed by atoms with Gasteiger partial charge in [0.05, 0.1) is 14.7 Å². The molecular formula is C18H31NO2Si. The molecule has 2 atom stereocenters. The van der Waals surface area contributed by atoms with Gasteiger partial charge in [0.2, 0.25) is 0 Å². The molecule has 3 nitrogen and oxygen atoms in total. The first-order valence-corrected chi connectivity index (χ1v) is 11.8. The second-order valence-electron chi connectivity index (χ2n) is 7.19. The number of hydrogen-bond acceptors (Lipinski definition) is 3. The molecule has 1 aromatic rings. The monoisotopic (exact) mass is 321 g/mol. The Hall–Kier alpha value is -0.683. The summed E-state index contributed by atoms with van der Waals surface area (Å²) in [5.74, 6) is 0. The summed E-state index contributed by atoms with van der Waals surface area (Å²) in [5.41, 5.74) is 1.92. The van der Waals surface area contributed by atoms with E-state index in [0.717, 1.165) is 13.0 Å². The topological polar surface area (TPSA) is 32.7 Å². The second kappa shape index (κ2) is 8.25. The zero-order valence-electron chi connectivity index (χ0n) is 14.3. The van der Waals surface area contributed by atoms with Crippen molar-refractivity contribution in [3.8, 4) is 0 Å². The highest BCUT2D eigenvalue weighted by Gasteiger charge is 2.37. The van der Waals surface area contributed by atoms with Gasteiger partial charge in [0, 0.05) is 19.8 Å². The smallest absolute Gasteiger partial charge is 0.0705 e. The van der Waals surface area contributed by atoms with Crippen LogP contribution in [0, 0.1) is 0 Å². The number of nitrogens with zero attached hydrogens (tertiary/aromatic N) is 1. The summed E-state index contributed by atoms with van der Waals surface area (Å²) in [7, 11) is 0.283. The number of methoxy groups -OCH3 is 1. The fourth-order valence-corrected chi connectivity index (χ4v) is 7.63. The van der Waals surface area contributed by atoms with E-state index in [9.17, 15) is 5.11 Å². The van der Waals surface area contributed by atoms with Crippen molar-refractivity contribution >= 4 is 8.07 Å². The van der Waals surface area contributed by atoms with Crippen LogP contribution in [0.15, 0.2) is 30.3 Å². The van der Waals surface area contributed by atoms with Crippen LogP contribution in [0.2, 0.25) is 13.1 Å². The van der Waals surface area contributed by atoms with Gasteiger partial charge in [0.25, 0.3) is 0 Å². The largest absolute Gasteiger partial charge is 0.396 e. The molecule has 2 rings (SSSR count). The van der Waals surface area contributed by atoms with Crippen LogP contribution in [0.5, 0.6) is 0 Å². The van der Waals surface area contributed by atoms with Crippen molar-refractivity contribution in [1.29, 1.82) is 0 Å². The molecule has 0 radical (unpaired) electrons. The molecule has 0 saturated carbocycles. The number of benzene rings is 1. The van der Waals surface area contributed by atoms with Crippen LogP contribution in [0.25, 0.3) is 0 Å². The molecule has 1 aliphatic rings. The van der Waals surface area contributed by atoms with Gasteiger partial charge < -0.3 is 14.7 Å². The summed E-state index contributed by atoms with van der Waals surface area (Å²) in [4.78, 5) is 2.64. The lowest BCUT2D eigenvalue weighted by Crippen LogP contribution is -2.50. The lowest BCUT2D eigenvalue weighted by molar-refractivity contribution is 0.124. The Balaban J connectivity index is 2.11. The number of rotatable bonds is 8. The van der Waals surface area contributed by atoms with E-state index < -0.39 is 8.07 Å². The Kier molecular flexibility index (Phi) is 6.62. The molecular weight excluding hydrogens is 290 g/mol. The number of hydrogen-bond donors (Lipinski definition) is 1. The van der Waals surface area contributed by atoms with Crippen molar-refractivity contribution < 1.29 is 9.84 Å². The summed E-state index contributed by atoms with van der Waals surface area (Å²) in [5, 5.41) is 9.55. The summed E-state index contributed by atoms with van der Waals surface area (Å²) in [6.07, 6.45) is 4.62. The predicted molar refractivity (Wildman–Crippen MR) is 94.8 cm³/mol. The molecule has 1 heterocycles. The fraction of sp³-hybridized carbons (Fsp3) is 0.667. The Morgan fingerprint density at radius 3 is 2.68 bits per heavy atom. The third kappa shape index (κ3) is 4.41. The van der Waals surface area contributed by atoms with Gasteiger partial charge in [-0.15, -0.1) is 0 Å². The maximum absolute atomic E-state index is 9.55. The van der Waals surface area contributed by atoms with Crippen LogP contribution in [-0.4, -0.2) is 57.2 Å². The maximum atomic E-state index is 9.55. The van der Waals surface area contributed by atoms with Crippen LogP contribution in [-0.2, 0) is 4.74 Å². The van der Waals surface area contributed by atoms with E-state index >= 15 is 0 Å². The normalized spacial score (nSPS) is 21.2. The molecule has 124 valence electrons. The Morgan fingerprint density at radius 2 is 2.05 bits per heavy atom. The molecule has 1 fully saturated rings. The average molecular weight is 322 g/mol. The number of aliphatic hydroxyl groups excluding tert-OH is 1. The molecule has 1 aliphatic heterocycles. The first-order valence-electron chi connectivity index (χ1n) is 8.47. The molecule has 1 aromatic carbocycles. The summed E-state index contributed by atoms with van der Waals surface area (Å²) >= 11 is 0. The molecule has 0 unspecified atom stereocenters. The molecule has 0 bridgehead atoms. The van der Waals surface area contributed by atoms with Crippen molar-refractivity contribution in [2.24, 2.45) is 0 Å². The molecule has 1 N–H and O–H groups in total. The van der Waals surface area contributed by atoms with E-state index in [1.165, 1.54) is 31.1 Å². The highest BCUT2D eigenvalue weighted by Crippen LogP contribution is 2.32. The van der Waals surface area contributed by atoms with Crippen LogP contribution in [0.1, 0.15) is 30.4 Å². The van der Waals surface area contributed by atoms with Gasteiger partial charge in [-0.3, -0.25) is 0 Å².